The van der Waals surface area contributed by atoms with Gasteiger partial charge in [-0.15, -0.1) is 0 Å². The minimum Gasteiger partial charge on any atom is -0.310 e. The fourth-order valence-electron chi connectivity index (χ4n) is 10.2. The van der Waals surface area contributed by atoms with E-state index in [4.69, 9.17) is 0 Å². The number of hydrogen-bond donors (Lipinski definition) is 0. The lowest BCUT2D eigenvalue weighted by Crippen LogP contribution is -2.10. The summed E-state index contributed by atoms with van der Waals surface area (Å²) in [4.78, 5) is 2.44. The van der Waals surface area contributed by atoms with Crippen molar-refractivity contribution in [1.82, 2.24) is 0 Å². The highest BCUT2D eigenvalue weighted by Gasteiger charge is 2.21. The SMILES string of the molecule is c1ccc(-c2cc(-c3ccccc3)cc(N(c3ccc(-c4ccc(-c5ccccc5)c(-c5ccccc5)c4)cc3)c3ccc4c(-c5ccccc5)c(-c5ccccc5)c5ccccc5c4c3)c2)cc1. The number of anilines is 3. The van der Waals surface area contributed by atoms with Gasteiger partial charge < -0.3 is 4.90 Å². The summed E-state index contributed by atoms with van der Waals surface area (Å²) in [7, 11) is 0. The molecule has 0 aliphatic rings. The van der Waals surface area contributed by atoms with Crippen LogP contribution in [0.4, 0.5) is 17.1 Å². The van der Waals surface area contributed by atoms with Crippen molar-refractivity contribution in [3.63, 3.8) is 0 Å². The minimum absolute atomic E-state index is 1.07. The smallest absolute Gasteiger partial charge is 0.0473 e. The van der Waals surface area contributed by atoms with Crippen LogP contribution in [0.3, 0.4) is 0 Å². The van der Waals surface area contributed by atoms with Gasteiger partial charge in [0.25, 0.3) is 0 Å². The Morgan fingerprint density at radius 1 is 0.174 bits per heavy atom. The number of benzene rings is 12. The van der Waals surface area contributed by atoms with E-state index in [9.17, 15) is 0 Å². The molecular formula is C68H47N. The summed E-state index contributed by atoms with van der Waals surface area (Å²) in [5.74, 6) is 0. The number of fused-ring (bicyclic) bond motifs is 3. The molecule has 1 heteroatoms. The Hall–Kier alpha value is -9.04. The maximum absolute atomic E-state index is 2.44. The number of rotatable bonds is 10. The van der Waals surface area contributed by atoms with Crippen LogP contribution in [-0.4, -0.2) is 0 Å². The molecule has 69 heavy (non-hydrogen) atoms. The van der Waals surface area contributed by atoms with E-state index in [1.807, 2.05) is 0 Å². The standard InChI is InChI=1S/C68H47N/c1-7-21-48(22-8-1)56-43-57(49-23-9-2-10-24-49)45-60(44-56)69(58-38-35-50(36-39-58)55-37-41-61(51-25-11-3-12-26-51)65(46-55)52-27-13-4-14-28-52)59-40-42-64-66(47-59)62-33-19-20-34-63(62)67(53-29-15-5-16-30-53)68(64)54-31-17-6-18-32-54/h1-47H. The molecule has 12 rings (SSSR count). The zero-order valence-corrected chi connectivity index (χ0v) is 38.1. The number of nitrogens with zero attached hydrogens (tertiary/aromatic N) is 1. The highest BCUT2D eigenvalue weighted by molar-refractivity contribution is 6.22. The Bertz CT molecular complexity index is 3660. The van der Waals surface area contributed by atoms with E-state index < -0.39 is 0 Å². The first-order chi connectivity index (χ1) is 34.2. The second-order valence-corrected chi connectivity index (χ2v) is 17.6. The summed E-state index contributed by atoms with van der Waals surface area (Å²) in [6.07, 6.45) is 0. The lowest BCUT2D eigenvalue weighted by Gasteiger charge is -2.28. The van der Waals surface area contributed by atoms with E-state index >= 15 is 0 Å². The fourth-order valence-corrected chi connectivity index (χ4v) is 10.2. The minimum atomic E-state index is 1.07. The summed E-state index contributed by atoms with van der Waals surface area (Å²) in [5.41, 5.74) is 19.9. The van der Waals surface area contributed by atoms with Gasteiger partial charge in [-0.2, -0.15) is 0 Å². The highest BCUT2D eigenvalue weighted by atomic mass is 15.1. The normalized spacial score (nSPS) is 11.2. The van der Waals surface area contributed by atoms with Crippen LogP contribution in [0.2, 0.25) is 0 Å². The van der Waals surface area contributed by atoms with Gasteiger partial charge in [-0.25, -0.2) is 0 Å². The first kappa shape index (κ1) is 41.4. The van der Waals surface area contributed by atoms with Gasteiger partial charge in [0.05, 0.1) is 0 Å². The van der Waals surface area contributed by atoms with Crippen LogP contribution in [0.15, 0.2) is 285 Å². The first-order valence-corrected chi connectivity index (χ1v) is 23.7. The second-order valence-electron chi connectivity index (χ2n) is 17.6. The molecule has 0 N–H and O–H groups in total. The van der Waals surface area contributed by atoms with Crippen LogP contribution >= 0.6 is 0 Å². The van der Waals surface area contributed by atoms with Crippen LogP contribution in [0.5, 0.6) is 0 Å². The predicted molar refractivity (Wildman–Crippen MR) is 294 cm³/mol. The second kappa shape index (κ2) is 18.3. The van der Waals surface area contributed by atoms with Crippen molar-refractivity contribution in [2.24, 2.45) is 0 Å². The molecule has 0 saturated heterocycles. The van der Waals surface area contributed by atoms with Crippen molar-refractivity contribution in [3.05, 3.63) is 285 Å². The fraction of sp³-hybridized carbons (Fsp3) is 0. The lowest BCUT2D eigenvalue weighted by molar-refractivity contribution is 1.29. The third-order valence-corrected chi connectivity index (χ3v) is 13.4. The van der Waals surface area contributed by atoms with Gasteiger partial charge in [-0.3, -0.25) is 0 Å². The molecule has 0 bridgehead atoms. The van der Waals surface area contributed by atoms with E-state index in [0.717, 1.165) is 33.8 Å². The zero-order valence-electron chi connectivity index (χ0n) is 38.1. The van der Waals surface area contributed by atoms with Crippen LogP contribution in [0.25, 0.3) is 99.4 Å². The summed E-state index contributed by atoms with van der Waals surface area (Å²) >= 11 is 0. The average Bonchev–Trinajstić information content (AvgIpc) is 3.44. The molecule has 0 radical (unpaired) electrons. The lowest BCUT2D eigenvalue weighted by atomic mass is 9.85. The third kappa shape index (κ3) is 8.07. The molecule has 0 atom stereocenters. The Balaban J connectivity index is 1.07. The molecule has 0 spiro atoms. The molecule has 12 aromatic carbocycles. The molecule has 324 valence electrons. The predicted octanol–water partition coefficient (Wildman–Crippen LogP) is 19.1. The zero-order chi connectivity index (χ0) is 45.9. The third-order valence-electron chi connectivity index (χ3n) is 13.4. The molecule has 0 amide bonds. The molecule has 0 heterocycles. The van der Waals surface area contributed by atoms with Gasteiger partial charge >= 0.3 is 0 Å². The van der Waals surface area contributed by atoms with Crippen LogP contribution in [0.1, 0.15) is 0 Å². The van der Waals surface area contributed by atoms with Gasteiger partial charge in [0.2, 0.25) is 0 Å². The van der Waals surface area contributed by atoms with Gasteiger partial charge in [0.15, 0.2) is 0 Å². The first-order valence-electron chi connectivity index (χ1n) is 23.7. The molecule has 0 unspecified atom stereocenters. The summed E-state index contributed by atoms with van der Waals surface area (Å²) in [6.45, 7) is 0. The van der Waals surface area contributed by atoms with Crippen molar-refractivity contribution < 1.29 is 0 Å². The Labute approximate surface area is 404 Å². The van der Waals surface area contributed by atoms with Gasteiger partial charge in [0, 0.05) is 17.1 Å². The van der Waals surface area contributed by atoms with Crippen LogP contribution in [-0.2, 0) is 0 Å². The molecule has 0 aliphatic heterocycles. The van der Waals surface area contributed by atoms with Crippen molar-refractivity contribution in [3.8, 4) is 77.9 Å². The quantitative estimate of drug-likeness (QED) is 0.124. The summed E-state index contributed by atoms with van der Waals surface area (Å²) in [5, 5.41) is 4.87. The Morgan fingerprint density at radius 2 is 0.565 bits per heavy atom. The molecule has 0 saturated carbocycles. The Kier molecular flexibility index (Phi) is 11.0. The number of hydrogen-bond acceptors (Lipinski definition) is 1. The maximum Gasteiger partial charge on any atom is 0.0473 e. The summed E-state index contributed by atoms with van der Waals surface area (Å²) in [6, 6.07) is 104. The van der Waals surface area contributed by atoms with Crippen LogP contribution in [0, 0.1) is 0 Å². The highest BCUT2D eigenvalue weighted by Crippen LogP contribution is 2.48. The molecule has 0 aromatic heterocycles. The summed E-state index contributed by atoms with van der Waals surface area (Å²) < 4.78 is 0. The maximum atomic E-state index is 2.44. The van der Waals surface area contributed by atoms with E-state index in [0.29, 0.717) is 0 Å². The van der Waals surface area contributed by atoms with Gasteiger partial charge in [-0.05, 0) is 148 Å². The molecule has 1 nitrogen and oxygen atoms in total. The Morgan fingerprint density at radius 3 is 1.09 bits per heavy atom. The molecule has 12 aromatic rings. The molecule has 0 fully saturated rings. The topological polar surface area (TPSA) is 3.24 Å². The van der Waals surface area contributed by atoms with Crippen molar-refractivity contribution in [2.45, 2.75) is 0 Å². The molecular weight excluding hydrogens is 831 g/mol. The average molecular weight is 878 g/mol. The van der Waals surface area contributed by atoms with E-state index in [1.54, 1.807) is 0 Å². The van der Waals surface area contributed by atoms with Gasteiger partial charge in [-0.1, -0.05) is 237 Å². The monoisotopic (exact) mass is 877 g/mol. The van der Waals surface area contributed by atoms with E-state index in [1.165, 1.54) is 82.7 Å². The van der Waals surface area contributed by atoms with Crippen molar-refractivity contribution in [2.75, 3.05) is 4.90 Å². The van der Waals surface area contributed by atoms with Crippen molar-refractivity contribution in [1.29, 1.82) is 0 Å². The van der Waals surface area contributed by atoms with E-state index in [2.05, 4.69) is 290 Å². The van der Waals surface area contributed by atoms with E-state index in [-0.39, 0.29) is 0 Å². The molecule has 0 aliphatic carbocycles. The van der Waals surface area contributed by atoms with Crippen molar-refractivity contribution >= 4 is 38.6 Å². The largest absolute Gasteiger partial charge is 0.310 e. The van der Waals surface area contributed by atoms with Crippen LogP contribution < -0.4 is 4.90 Å². The van der Waals surface area contributed by atoms with Gasteiger partial charge in [0.1, 0.15) is 0 Å².